The molecule has 2 aromatic carbocycles. The molecule has 1 aliphatic carbocycles. The molecule has 0 saturated carbocycles. The second-order valence-corrected chi connectivity index (χ2v) is 17.9. The molecule has 19 nitrogen and oxygen atoms in total. The fourth-order valence-electron chi connectivity index (χ4n) is 6.78. The largest absolute Gasteiger partial charge is 0.460 e. The van der Waals surface area contributed by atoms with Gasteiger partial charge < -0.3 is 63.5 Å². The number of alkyl carbamates (subject to hydrolysis) is 1. The van der Waals surface area contributed by atoms with Gasteiger partial charge in [0.1, 0.15) is 17.8 Å². The van der Waals surface area contributed by atoms with Gasteiger partial charge in [-0.25, -0.2) is 4.79 Å². The van der Waals surface area contributed by atoms with E-state index in [9.17, 15) is 28.8 Å². The van der Waals surface area contributed by atoms with Gasteiger partial charge in [0, 0.05) is 51.5 Å². The third kappa shape index (κ3) is 26.4. The Kier molecular flexibility index (Phi) is 27.5. The first kappa shape index (κ1) is 58.1. The molecule has 3 rings (SSSR count). The Bertz CT molecular complexity index is 1820. The molecule has 0 bridgehead atoms. The molecule has 2 aromatic rings. The van der Waals surface area contributed by atoms with Gasteiger partial charge in [-0.3, -0.25) is 24.0 Å². The Labute approximate surface area is 407 Å². The summed E-state index contributed by atoms with van der Waals surface area (Å²) in [5.74, 6) is -1.47. The summed E-state index contributed by atoms with van der Waals surface area (Å²) in [5, 5.41) is 8.30. The molecule has 1 aliphatic rings. The number of rotatable bonds is 35. The van der Waals surface area contributed by atoms with E-state index in [1.165, 1.54) is 0 Å². The van der Waals surface area contributed by atoms with Crippen molar-refractivity contribution in [1.29, 1.82) is 0 Å². The zero-order chi connectivity index (χ0) is 50.3. The molecule has 0 heterocycles. The summed E-state index contributed by atoms with van der Waals surface area (Å²) in [7, 11) is 0. The van der Waals surface area contributed by atoms with Crippen LogP contribution in [-0.2, 0) is 66.6 Å². The molecule has 0 spiro atoms. The number of carbonyl (C=O) groups excluding carboxylic acids is 6. The Morgan fingerprint density at radius 2 is 0.870 bits per heavy atom. The summed E-state index contributed by atoms with van der Waals surface area (Å²) < 4.78 is 48.9. The Hall–Kier alpha value is -5.18. The van der Waals surface area contributed by atoms with E-state index in [-0.39, 0.29) is 166 Å². The van der Waals surface area contributed by atoms with Gasteiger partial charge in [-0.2, -0.15) is 0 Å². The van der Waals surface area contributed by atoms with Crippen molar-refractivity contribution in [1.82, 2.24) is 20.9 Å². The number of ether oxygens (including phenoxy) is 9. The molecule has 0 aromatic heterocycles. The predicted molar refractivity (Wildman–Crippen MR) is 255 cm³/mol. The van der Waals surface area contributed by atoms with Gasteiger partial charge in [0.25, 0.3) is 0 Å². The maximum atomic E-state index is 13.3. The van der Waals surface area contributed by atoms with Crippen molar-refractivity contribution in [3.63, 3.8) is 0 Å². The molecule has 0 saturated heterocycles. The smallest absolute Gasteiger partial charge is 0.407 e. The molecule has 0 unspecified atom stereocenters. The van der Waals surface area contributed by atoms with E-state index >= 15 is 0 Å². The van der Waals surface area contributed by atoms with Crippen molar-refractivity contribution in [2.24, 2.45) is 0 Å². The Morgan fingerprint density at radius 1 is 0.478 bits per heavy atom. The molecule has 0 atom stereocenters. The SMILES string of the molecule is CC(C)(C)OC(=O)CCOCCOCCOCCC(=O)NCCN(CCNC(=O)CCOCCOCCC(=O)OC(C)(C)C)C(=O)CCOCCNC(=O)OCC1c2ccccc2-c2ccccc21. The Balaban J connectivity index is 1.30. The molecule has 386 valence electrons. The first-order chi connectivity index (χ1) is 33.0. The lowest BCUT2D eigenvalue weighted by Gasteiger charge is -2.23. The number of hydrogen-bond acceptors (Lipinski definition) is 15. The van der Waals surface area contributed by atoms with Crippen LogP contribution >= 0.6 is 0 Å². The van der Waals surface area contributed by atoms with Crippen molar-refractivity contribution in [2.75, 3.05) is 119 Å². The van der Waals surface area contributed by atoms with E-state index < -0.39 is 17.3 Å². The summed E-state index contributed by atoms with van der Waals surface area (Å²) in [6.07, 6.45) is -0.0265. The van der Waals surface area contributed by atoms with Crippen molar-refractivity contribution in [2.45, 2.75) is 90.8 Å². The number of esters is 2. The molecule has 0 aliphatic heterocycles. The number of nitrogens with zero attached hydrogens (tertiary/aromatic N) is 1. The summed E-state index contributed by atoms with van der Waals surface area (Å²) in [6.45, 7) is 14.7. The molecular weight excluding hydrogens is 897 g/mol. The third-order valence-electron chi connectivity index (χ3n) is 9.88. The maximum absolute atomic E-state index is 13.3. The molecule has 0 fully saturated rings. The fraction of sp³-hybridized carbons (Fsp3) is 0.640. The molecule has 3 N–H and O–H groups in total. The minimum atomic E-state index is -0.563. The van der Waals surface area contributed by atoms with Crippen LogP contribution in [0.1, 0.15) is 90.7 Å². The van der Waals surface area contributed by atoms with Gasteiger partial charge in [0.05, 0.1) is 98.5 Å². The van der Waals surface area contributed by atoms with Crippen LogP contribution in [0, 0.1) is 0 Å². The van der Waals surface area contributed by atoms with Crippen LogP contribution in [0.25, 0.3) is 11.1 Å². The van der Waals surface area contributed by atoms with Gasteiger partial charge in [-0.1, -0.05) is 48.5 Å². The summed E-state index contributed by atoms with van der Waals surface area (Å²) in [5.41, 5.74) is 3.43. The molecule has 19 heteroatoms. The van der Waals surface area contributed by atoms with E-state index in [4.69, 9.17) is 42.6 Å². The zero-order valence-corrected chi connectivity index (χ0v) is 41.5. The van der Waals surface area contributed by atoms with E-state index in [0.29, 0.717) is 19.8 Å². The van der Waals surface area contributed by atoms with Crippen molar-refractivity contribution in [3.8, 4) is 11.1 Å². The lowest BCUT2D eigenvalue weighted by atomic mass is 9.98. The van der Waals surface area contributed by atoms with Crippen LogP contribution < -0.4 is 16.0 Å². The zero-order valence-electron chi connectivity index (χ0n) is 41.5. The Morgan fingerprint density at radius 3 is 1.32 bits per heavy atom. The summed E-state index contributed by atoms with van der Waals surface area (Å²) in [6, 6.07) is 16.2. The second kappa shape index (κ2) is 32.6. The fourth-order valence-corrected chi connectivity index (χ4v) is 6.78. The van der Waals surface area contributed by atoms with Gasteiger partial charge in [-0.15, -0.1) is 0 Å². The van der Waals surface area contributed by atoms with Gasteiger partial charge >= 0.3 is 18.0 Å². The number of nitrogens with one attached hydrogen (secondary N) is 3. The number of benzene rings is 2. The highest BCUT2D eigenvalue weighted by Crippen LogP contribution is 2.44. The van der Waals surface area contributed by atoms with Gasteiger partial charge in [-0.05, 0) is 63.8 Å². The van der Waals surface area contributed by atoms with Crippen molar-refractivity contribution in [3.05, 3.63) is 59.7 Å². The summed E-state index contributed by atoms with van der Waals surface area (Å²) >= 11 is 0. The first-order valence-corrected chi connectivity index (χ1v) is 23.8. The lowest BCUT2D eigenvalue weighted by Crippen LogP contribution is -2.43. The van der Waals surface area contributed by atoms with Crippen LogP contribution in [0.2, 0.25) is 0 Å². The van der Waals surface area contributed by atoms with E-state index in [2.05, 4.69) is 40.2 Å². The van der Waals surface area contributed by atoms with Gasteiger partial charge in [0.2, 0.25) is 17.7 Å². The van der Waals surface area contributed by atoms with E-state index in [1.54, 1.807) is 25.7 Å². The third-order valence-corrected chi connectivity index (χ3v) is 9.88. The van der Waals surface area contributed by atoms with Gasteiger partial charge in [0.15, 0.2) is 0 Å². The number of hydrogen-bond donors (Lipinski definition) is 3. The normalized spacial score (nSPS) is 12.1. The average molecular weight is 973 g/mol. The number of fused-ring (bicyclic) bond motifs is 3. The van der Waals surface area contributed by atoms with Crippen molar-refractivity contribution >= 4 is 35.8 Å². The molecule has 69 heavy (non-hydrogen) atoms. The van der Waals surface area contributed by atoms with Crippen LogP contribution in [0.4, 0.5) is 4.79 Å². The maximum Gasteiger partial charge on any atom is 0.407 e. The van der Waals surface area contributed by atoms with Crippen LogP contribution in [-0.4, -0.2) is 170 Å². The van der Waals surface area contributed by atoms with Crippen LogP contribution in [0.15, 0.2) is 48.5 Å². The molecular formula is C50H76N4O15. The average Bonchev–Trinajstić information content (AvgIpc) is 3.61. The van der Waals surface area contributed by atoms with E-state index in [0.717, 1.165) is 22.3 Å². The molecule has 4 amide bonds. The molecule has 0 radical (unpaired) electrons. The highest BCUT2D eigenvalue weighted by atomic mass is 16.6. The minimum absolute atomic E-state index is 0.0363. The predicted octanol–water partition coefficient (Wildman–Crippen LogP) is 4.32. The minimum Gasteiger partial charge on any atom is -0.460 e. The standard InChI is InChI=1S/C50H76N4O15/c1-49(2,3)68-46(58)18-28-64-32-31-62-25-15-43(55)51-20-23-54(24-21-52-44(56)16-26-63-33-35-66-36-34-65-29-19-47(59)69-50(4,5)6)45(57)17-27-61-30-22-53-48(60)67-37-42-40-13-9-7-11-38(40)39-12-8-10-14-41(39)42/h7-14,42H,15-37H2,1-6H3,(H,51,55)(H,52,56)(H,53,60). The van der Waals surface area contributed by atoms with Crippen LogP contribution in [0.3, 0.4) is 0 Å². The lowest BCUT2D eigenvalue weighted by molar-refractivity contribution is -0.157. The van der Waals surface area contributed by atoms with Crippen molar-refractivity contribution < 1.29 is 71.4 Å². The quantitative estimate of drug-likeness (QED) is 0.0497. The highest BCUT2D eigenvalue weighted by Gasteiger charge is 2.29. The first-order valence-electron chi connectivity index (χ1n) is 23.8. The number of carbonyl (C=O) groups is 6. The monoisotopic (exact) mass is 973 g/mol. The second-order valence-electron chi connectivity index (χ2n) is 17.9. The number of amides is 4. The van der Waals surface area contributed by atoms with Crippen LogP contribution in [0.5, 0.6) is 0 Å². The topological polar surface area (TPSA) is 225 Å². The van der Waals surface area contributed by atoms with E-state index in [1.807, 2.05) is 45.0 Å². The highest BCUT2D eigenvalue weighted by molar-refractivity contribution is 5.80. The summed E-state index contributed by atoms with van der Waals surface area (Å²) in [4.78, 5) is 75.9.